The molecular weight excluding hydrogens is 260 g/mol. The highest BCUT2D eigenvalue weighted by molar-refractivity contribution is 4.91. The first kappa shape index (κ1) is 17.2. The van der Waals surface area contributed by atoms with Gasteiger partial charge in [-0.15, -0.1) is 0 Å². The van der Waals surface area contributed by atoms with Gasteiger partial charge in [-0.25, -0.2) is 0 Å². The average Bonchev–Trinajstić information content (AvgIpc) is 2.46. The van der Waals surface area contributed by atoms with Crippen LogP contribution in [0.3, 0.4) is 0 Å². The van der Waals surface area contributed by atoms with Crippen molar-refractivity contribution < 1.29 is 5.11 Å². The Bertz CT molecular complexity index is 295. The van der Waals surface area contributed by atoms with Gasteiger partial charge >= 0.3 is 0 Å². The summed E-state index contributed by atoms with van der Waals surface area (Å²) < 4.78 is 0. The molecule has 0 aromatic rings. The SMILES string of the molecule is CCNCC1(CN2CCCC(CCO)C2)CCCC(C)C1. The fraction of sp³-hybridized carbons (Fsp3) is 1.00. The first-order valence-electron chi connectivity index (χ1n) is 9.21. The van der Waals surface area contributed by atoms with Crippen LogP contribution in [0.1, 0.15) is 58.8 Å². The Kier molecular flexibility index (Phi) is 6.97. The molecule has 3 unspecified atom stereocenters. The molecule has 1 saturated heterocycles. The zero-order valence-corrected chi connectivity index (χ0v) is 14.2. The molecule has 1 aliphatic carbocycles. The van der Waals surface area contributed by atoms with Crippen molar-refractivity contribution >= 4 is 0 Å². The molecule has 0 spiro atoms. The highest BCUT2D eigenvalue weighted by atomic mass is 16.3. The third-order valence-electron chi connectivity index (χ3n) is 5.63. The summed E-state index contributed by atoms with van der Waals surface area (Å²) >= 11 is 0. The van der Waals surface area contributed by atoms with Crippen LogP contribution in [-0.2, 0) is 0 Å². The monoisotopic (exact) mass is 296 g/mol. The normalized spacial score (nSPS) is 35.0. The van der Waals surface area contributed by atoms with Gasteiger partial charge in [-0.05, 0) is 62.4 Å². The van der Waals surface area contributed by atoms with Gasteiger partial charge in [0.2, 0.25) is 0 Å². The number of aliphatic hydroxyl groups is 1. The molecule has 124 valence electrons. The Labute approximate surface area is 131 Å². The lowest BCUT2D eigenvalue weighted by atomic mass is 9.69. The van der Waals surface area contributed by atoms with Crippen molar-refractivity contribution in [3.8, 4) is 0 Å². The van der Waals surface area contributed by atoms with E-state index in [1.807, 2.05) is 0 Å². The second kappa shape index (κ2) is 8.50. The Morgan fingerprint density at radius 1 is 1.29 bits per heavy atom. The molecule has 3 atom stereocenters. The fourth-order valence-corrected chi connectivity index (χ4v) is 4.71. The van der Waals surface area contributed by atoms with Crippen LogP contribution >= 0.6 is 0 Å². The summed E-state index contributed by atoms with van der Waals surface area (Å²) in [4.78, 5) is 2.71. The van der Waals surface area contributed by atoms with Gasteiger partial charge in [0.05, 0.1) is 0 Å². The number of likely N-dealkylation sites (tertiary alicyclic amines) is 1. The maximum absolute atomic E-state index is 9.20. The van der Waals surface area contributed by atoms with Crippen molar-refractivity contribution in [2.45, 2.75) is 58.8 Å². The maximum Gasteiger partial charge on any atom is 0.0434 e. The van der Waals surface area contributed by atoms with Crippen LogP contribution in [-0.4, -0.2) is 49.3 Å². The number of rotatable bonds is 7. The molecule has 0 amide bonds. The van der Waals surface area contributed by atoms with E-state index in [0.717, 1.165) is 24.8 Å². The molecule has 3 heteroatoms. The molecule has 0 bridgehead atoms. The van der Waals surface area contributed by atoms with E-state index in [1.54, 1.807) is 0 Å². The van der Waals surface area contributed by atoms with Crippen LogP contribution in [0.5, 0.6) is 0 Å². The molecule has 0 aromatic heterocycles. The Balaban J connectivity index is 1.93. The number of nitrogens with one attached hydrogen (secondary N) is 1. The highest BCUT2D eigenvalue weighted by Gasteiger charge is 2.37. The van der Waals surface area contributed by atoms with E-state index in [0.29, 0.717) is 12.0 Å². The lowest BCUT2D eigenvalue weighted by molar-refractivity contribution is 0.0530. The molecule has 2 rings (SSSR count). The van der Waals surface area contributed by atoms with Crippen LogP contribution < -0.4 is 5.32 Å². The minimum absolute atomic E-state index is 0.359. The van der Waals surface area contributed by atoms with Gasteiger partial charge in [0.15, 0.2) is 0 Å². The second-order valence-electron chi connectivity index (χ2n) is 7.74. The number of aliphatic hydroxyl groups excluding tert-OH is 1. The number of nitrogens with zero attached hydrogens (tertiary/aromatic N) is 1. The van der Waals surface area contributed by atoms with Crippen molar-refractivity contribution in [3.63, 3.8) is 0 Å². The van der Waals surface area contributed by atoms with Gasteiger partial charge in [0.1, 0.15) is 0 Å². The molecule has 2 aliphatic rings. The summed E-state index contributed by atoms with van der Waals surface area (Å²) in [6.45, 7) is 11.0. The Morgan fingerprint density at radius 3 is 2.86 bits per heavy atom. The fourth-order valence-electron chi connectivity index (χ4n) is 4.71. The summed E-state index contributed by atoms with van der Waals surface area (Å²) in [5.74, 6) is 1.61. The predicted molar refractivity (Wildman–Crippen MR) is 89.5 cm³/mol. The van der Waals surface area contributed by atoms with Gasteiger partial charge in [-0.3, -0.25) is 0 Å². The number of hydrogen-bond donors (Lipinski definition) is 2. The van der Waals surface area contributed by atoms with Crippen LogP contribution in [0.25, 0.3) is 0 Å². The van der Waals surface area contributed by atoms with Gasteiger partial charge in [-0.2, -0.15) is 0 Å². The highest BCUT2D eigenvalue weighted by Crippen LogP contribution is 2.40. The zero-order chi connectivity index (χ0) is 15.1. The quantitative estimate of drug-likeness (QED) is 0.758. The lowest BCUT2D eigenvalue weighted by Gasteiger charge is -2.45. The Morgan fingerprint density at radius 2 is 2.14 bits per heavy atom. The van der Waals surface area contributed by atoms with Crippen LogP contribution in [0.2, 0.25) is 0 Å². The first-order chi connectivity index (χ1) is 10.2. The molecule has 3 nitrogen and oxygen atoms in total. The van der Waals surface area contributed by atoms with Gasteiger partial charge < -0.3 is 15.3 Å². The van der Waals surface area contributed by atoms with E-state index in [4.69, 9.17) is 0 Å². The molecular formula is C18H36N2O. The number of hydrogen-bond acceptors (Lipinski definition) is 3. The molecule has 1 aliphatic heterocycles. The molecule has 1 saturated carbocycles. The second-order valence-corrected chi connectivity index (χ2v) is 7.74. The first-order valence-corrected chi connectivity index (χ1v) is 9.21. The van der Waals surface area contributed by atoms with E-state index in [2.05, 4.69) is 24.1 Å². The van der Waals surface area contributed by atoms with Crippen LogP contribution in [0.4, 0.5) is 0 Å². The van der Waals surface area contributed by atoms with Crippen molar-refractivity contribution in [1.29, 1.82) is 0 Å². The molecule has 21 heavy (non-hydrogen) atoms. The summed E-state index contributed by atoms with van der Waals surface area (Å²) in [7, 11) is 0. The third kappa shape index (κ3) is 5.22. The molecule has 2 N–H and O–H groups in total. The summed E-state index contributed by atoms with van der Waals surface area (Å²) in [5.41, 5.74) is 0.495. The van der Waals surface area contributed by atoms with Crippen molar-refractivity contribution in [2.24, 2.45) is 17.3 Å². The van der Waals surface area contributed by atoms with Gasteiger partial charge in [0, 0.05) is 26.2 Å². The topological polar surface area (TPSA) is 35.5 Å². The standard InChI is InChI=1S/C18H36N2O/c1-3-19-14-18(9-4-6-16(2)12-18)15-20-10-5-7-17(13-20)8-11-21/h16-17,19,21H,3-15H2,1-2H3. The molecule has 0 aromatic carbocycles. The minimum Gasteiger partial charge on any atom is -0.396 e. The minimum atomic E-state index is 0.359. The van der Waals surface area contributed by atoms with E-state index in [1.165, 1.54) is 64.7 Å². The van der Waals surface area contributed by atoms with Gasteiger partial charge in [0.25, 0.3) is 0 Å². The average molecular weight is 296 g/mol. The lowest BCUT2D eigenvalue weighted by Crippen LogP contribution is -2.49. The summed E-state index contributed by atoms with van der Waals surface area (Å²) in [6, 6.07) is 0. The maximum atomic E-state index is 9.20. The zero-order valence-electron chi connectivity index (χ0n) is 14.2. The van der Waals surface area contributed by atoms with E-state index in [9.17, 15) is 5.11 Å². The molecule has 1 heterocycles. The summed E-state index contributed by atoms with van der Waals surface area (Å²) in [6.07, 6.45) is 9.23. The van der Waals surface area contributed by atoms with Crippen molar-refractivity contribution in [3.05, 3.63) is 0 Å². The Hall–Kier alpha value is -0.120. The smallest absolute Gasteiger partial charge is 0.0434 e. The third-order valence-corrected chi connectivity index (χ3v) is 5.63. The van der Waals surface area contributed by atoms with Crippen molar-refractivity contribution in [1.82, 2.24) is 10.2 Å². The van der Waals surface area contributed by atoms with E-state index >= 15 is 0 Å². The van der Waals surface area contributed by atoms with E-state index < -0.39 is 0 Å². The molecule has 2 fully saturated rings. The van der Waals surface area contributed by atoms with Crippen LogP contribution in [0, 0.1) is 17.3 Å². The molecule has 0 radical (unpaired) electrons. The van der Waals surface area contributed by atoms with E-state index in [-0.39, 0.29) is 0 Å². The largest absolute Gasteiger partial charge is 0.396 e. The van der Waals surface area contributed by atoms with Crippen LogP contribution in [0.15, 0.2) is 0 Å². The summed E-state index contributed by atoms with van der Waals surface area (Å²) in [5, 5.41) is 12.8. The number of piperidine rings is 1. The van der Waals surface area contributed by atoms with Crippen molar-refractivity contribution in [2.75, 3.05) is 39.3 Å². The predicted octanol–water partition coefficient (Wildman–Crippen LogP) is 2.89. The van der Waals surface area contributed by atoms with Gasteiger partial charge in [-0.1, -0.05) is 26.7 Å².